The second-order valence-corrected chi connectivity index (χ2v) is 7.80. The van der Waals surface area contributed by atoms with Gasteiger partial charge in [0.05, 0.1) is 0 Å². The van der Waals surface area contributed by atoms with Crippen molar-refractivity contribution in [2.45, 2.75) is 19.6 Å². The number of nitrogens with one attached hydrogen (secondary N) is 2. The highest BCUT2D eigenvalue weighted by Crippen LogP contribution is 2.23. The number of benzene rings is 3. The maximum absolute atomic E-state index is 6.19. The number of hydrogen-bond acceptors (Lipinski definition) is 2. The summed E-state index contributed by atoms with van der Waals surface area (Å²) in [5.74, 6) is 0.818. The number of H-pyrrole nitrogens is 1. The Morgan fingerprint density at radius 1 is 0.900 bits per heavy atom. The zero-order valence-electron chi connectivity index (χ0n) is 16.3. The Labute approximate surface area is 192 Å². The van der Waals surface area contributed by atoms with Crippen LogP contribution >= 0.6 is 35.6 Å². The molecule has 0 saturated carbocycles. The first-order valence-corrected chi connectivity index (χ1v) is 10.4. The molecule has 0 saturated heterocycles. The van der Waals surface area contributed by atoms with Gasteiger partial charge in [0.2, 0.25) is 0 Å². The molecule has 0 radical (unpaired) electrons. The molecule has 4 aromatic rings. The van der Waals surface area contributed by atoms with Crippen molar-refractivity contribution in [3.05, 3.63) is 99.7 Å². The van der Waals surface area contributed by atoms with Crippen LogP contribution in [-0.2, 0) is 19.6 Å². The van der Waals surface area contributed by atoms with Gasteiger partial charge in [-0.25, -0.2) is 0 Å². The van der Waals surface area contributed by atoms with Gasteiger partial charge >= 0.3 is 0 Å². The minimum atomic E-state index is 0. The number of halogens is 3. The normalized spacial score (nSPS) is 10.7. The zero-order valence-corrected chi connectivity index (χ0v) is 18.7. The van der Waals surface area contributed by atoms with E-state index >= 15 is 0 Å². The summed E-state index contributed by atoms with van der Waals surface area (Å²) in [5.41, 5.74) is 4.68. The molecule has 0 atom stereocenters. The first kappa shape index (κ1) is 22.5. The van der Waals surface area contributed by atoms with Crippen molar-refractivity contribution in [3.63, 3.8) is 0 Å². The topological polar surface area (TPSA) is 37.0 Å². The van der Waals surface area contributed by atoms with Gasteiger partial charge in [-0.3, -0.25) is 0 Å². The van der Waals surface area contributed by atoms with E-state index in [4.69, 9.17) is 27.9 Å². The molecular formula is C24H23Cl3N2O. The SMILES string of the molecule is Cl.Clc1ccc(COc2ccc(CNCCc3c[nH]c4ccccc34)cc2)c(Cl)c1. The molecule has 1 aromatic heterocycles. The van der Waals surface area contributed by atoms with Crippen molar-refractivity contribution < 1.29 is 4.74 Å². The quantitative estimate of drug-likeness (QED) is 0.283. The summed E-state index contributed by atoms with van der Waals surface area (Å²) >= 11 is 12.1. The number of aromatic amines is 1. The van der Waals surface area contributed by atoms with Crippen LogP contribution in [0.15, 0.2) is 72.9 Å². The Morgan fingerprint density at radius 3 is 2.50 bits per heavy atom. The molecule has 3 aromatic carbocycles. The van der Waals surface area contributed by atoms with Crippen LogP contribution in [0.25, 0.3) is 10.9 Å². The number of aromatic nitrogens is 1. The maximum Gasteiger partial charge on any atom is 0.119 e. The molecule has 0 bridgehead atoms. The molecule has 30 heavy (non-hydrogen) atoms. The number of para-hydroxylation sites is 1. The standard InChI is InChI=1S/C24H22Cl2N2O.ClH/c25-20-8-7-19(23(26)13-20)16-29-21-9-5-17(6-10-21)14-27-12-11-18-15-28-24-4-2-1-3-22(18)24;/h1-10,13,15,27-28H,11-12,14,16H2;1H. The third-order valence-electron chi connectivity index (χ3n) is 4.91. The van der Waals surface area contributed by atoms with E-state index in [0.717, 1.165) is 30.8 Å². The van der Waals surface area contributed by atoms with E-state index in [-0.39, 0.29) is 12.4 Å². The molecule has 156 valence electrons. The molecule has 2 N–H and O–H groups in total. The van der Waals surface area contributed by atoms with Crippen LogP contribution in [0.3, 0.4) is 0 Å². The average molecular weight is 462 g/mol. The van der Waals surface area contributed by atoms with E-state index in [1.807, 2.05) is 24.3 Å². The number of ether oxygens (including phenoxy) is 1. The van der Waals surface area contributed by atoms with Gasteiger partial charge in [-0.1, -0.05) is 59.6 Å². The molecule has 0 amide bonds. The van der Waals surface area contributed by atoms with Gasteiger partial charge < -0.3 is 15.0 Å². The fraction of sp³-hybridized carbons (Fsp3) is 0.167. The highest BCUT2D eigenvalue weighted by atomic mass is 35.5. The lowest BCUT2D eigenvalue weighted by atomic mass is 10.1. The fourth-order valence-corrected chi connectivity index (χ4v) is 3.76. The first-order valence-electron chi connectivity index (χ1n) is 9.60. The Hall–Kier alpha value is -2.17. The molecular weight excluding hydrogens is 439 g/mol. The van der Waals surface area contributed by atoms with Gasteiger partial charge in [0.1, 0.15) is 12.4 Å². The van der Waals surface area contributed by atoms with Gasteiger partial charge in [-0.05, 0) is 54.4 Å². The zero-order chi connectivity index (χ0) is 20.1. The van der Waals surface area contributed by atoms with E-state index < -0.39 is 0 Å². The first-order chi connectivity index (χ1) is 14.2. The van der Waals surface area contributed by atoms with Crippen LogP contribution in [0.5, 0.6) is 5.75 Å². The second-order valence-electron chi connectivity index (χ2n) is 6.95. The highest BCUT2D eigenvalue weighted by molar-refractivity contribution is 6.35. The fourth-order valence-electron chi connectivity index (χ4n) is 3.30. The second kappa shape index (κ2) is 10.7. The Morgan fingerprint density at radius 2 is 1.70 bits per heavy atom. The van der Waals surface area contributed by atoms with Crippen LogP contribution in [0, 0.1) is 0 Å². The van der Waals surface area contributed by atoms with Crippen molar-refractivity contribution in [2.24, 2.45) is 0 Å². The smallest absolute Gasteiger partial charge is 0.119 e. The lowest BCUT2D eigenvalue weighted by molar-refractivity contribution is 0.306. The van der Waals surface area contributed by atoms with E-state index in [1.165, 1.54) is 22.0 Å². The summed E-state index contributed by atoms with van der Waals surface area (Å²) in [6.45, 7) is 2.17. The van der Waals surface area contributed by atoms with Gasteiger partial charge in [-0.2, -0.15) is 0 Å². The Kier molecular flexibility index (Phi) is 8.06. The van der Waals surface area contributed by atoms with Crippen LogP contribution in [0.4, 0.5) is 0 Å². The molecule has 0 fully saturated rings. The number of rotatable bonds is 8. The summed E-state index contributed by atoms with van der Waals surface area (Å²) in [5, 5.41) is 6.06. The van der Waals surface area contributed by atoms with Crippen LogP contribution in [0.1, 0.15) is 16.7 Å². The summed E-state index contributed by atoms with van der Waals surface area (Å²) in [6.07, 6.45) is 3.10. The van der Waals surface area contributed by atoms with Crippen LogP contribution < -0.4 is 10.1 Å². The summed E-state index contributed by atoms with van der Waals surface area (Å²) in [6, 6.07) is 22.0. The van der Waals surface area contributed by atoms with E-state index in [9.17, 15) is 0 Å². The molecule has 4 rings (SSSR count). The van der Waals surface area contributed by atoms with Crippen LogP contribution in [-0.4, -0.2) is 11.5 Å². The molecule has 0 aliphatic carbocycles. The predicted molar refractivity (Wildman–Crippen MR) is 128 cm³/mol. The largest absolute Gasteiger partial charge is 0.489 e. The maximum atomic E-state index is 6.19. The highest BCUT2D eigenvalue weighted by Gasteiger charge is 2.04. The molecule has 6 heteroatoms. The Bertz CT molecular complexity index is 1090. The lowest BCUT2D eigenvalue weighted by Crippen LogP contribution is -2.16. The average Bonchev–Trinajstić information content (AvgIpc) is 3.15. The van der Waals surface area contributed by atoms with Crippen LogP contribution in [0.2, 0.25) is 10.0 Å². The predicted octanol–water partition coefficient (Wildman–Crippen LogP) is 6.81. The molecule has 0 aliphatic heterocycles. The molecule has 0 aliphatic rings. The Balaban J connectivity index is 0.00000256. The summed E-state index contributed by atoms with van der Waals surface area (Å²) in [7, 11) is 0. The molecule has 3 nitrogen and oxygen atoms in total. The minimum Gasteiger partial charge on any atom is -0.489 e. The number of hydrogen-bond donors (Lipinski definition) is 2. The minimum absolute atomic E-state index is 0. The van der Waals surface area contributed by atoms with Crippen molar-refractivity contribution >= 4 is 46.5 Å². The lowest BCUT2D eigenvalue weighted by Gasteiger charge is -2.09. The van der Waals surface area contributed by atoms with Crippen molar-refractivity contribution in [3.8, 4) is 5.75 Å². The van der Waals surface area contributed by atoms with Gasteiger partial charge in [0.15, 0.2) is 0 Å². The third-order valence-corrected chi connectivity index (χ3v) is 5.49. The van der Waals surface area contributed by atoms with Gasteiger partial charge in [0, 0.05) is 39.3 Å². The van der Waals surface area contributed by atoms with Crippen molar-refractivity contribution in [1.29, 1.82) is 0 Å². The van der Waals surface area contributed by atoms with Crippen molar-refractivity contribution in [2.75, 3.05) is 6.54 Å². The number of fused-ring (bicyclic) bond motifs is 1. The van der Waals surface area contributed by atoms with Gasteiger partial charge in [-0.15, -0.1) is 12.4 Å². The van der Waals surface area contributed by atoms with Crippen molar-refractivity contribution in [1.82, 2.24) is 10.3 Å². The molecule has 0 unspecified atom stereocenters. The van der Waals surface area contributed by atoms with E-state index in [1.54, 1.807) is 6.07 Å². The molecule has 0 spiro atoms. The summed E-state index contributed by atoms with van der Waals surface area (Å²) in [4.78, 5) is 3.33. The van der Waals surface area contributed by atoms with E-state index in [2.05, 4.69) is 52.9 Å². The monoisotopic (exact) mass is 460 g/mol. The van der Waals surface area contributed by atoms with Gasteiger partial charge in [0.25, 0.3) is 0 Å². The van der Waals surface area contributed by atoms with E-state index in [0.29, 0.717) is 16.7 Å². The molecule has 1 heterocycles. The third kappa shape index (κ3) is 5.71. The summed E-state index contributed by atoms with van der Waals surface area (Å²) < 4.78 is 5.83.